The van der Waals surface area contributed by atoms with Crippen molar-refractivity contribution in [2.45, 2.75) is 11.2 Å². The van der Waals surface area contributed by atoms with E-state index in [4.69, 9.17) is 32.7 Å². The number of carbonyl (C=O) groups excluding carboxylic acids is 1. The predicted octanol–water partition coefficient (Wildman–Crippen LogP) is 6.72. The predicted molar refractivity (Wildman–Crippen MR) is 143 cm³/mol. The minimum absolute atomic E-state index is 0.165. The van der Waals surface area contributed by atoms with Gasteiger partial charge in [-0.25, -0.2) is 9.82 Å². The highest BCUT2D eigenvalue weighted by Crippen LogP contribution is 2.45. The summed E-state index contributed by atoms with van der Waals surface area (Å²) in [6.45, 7) is 0.0196. The van der Waals surface area contributed by atoms with Crippen LogP contribution in [0.15, 0.2) is 65.8 Å². The first-order valence-electron chi connectivity index (χ1n) is 10.6. The molecule has 0 aliphatic carbocycles. The molecular weight excluding hydrogens is 530 g/mol. The van der Waals surface area contributed by atoms with Gasteiger partial charge in [-0.15, -0.1) is 23.5 Å². The van der Waals surface area contributed by atoms with Gasteiger partial charge in [0.05, 0.1) is 20.8 Å². The summed E-state index contributed by atoms with van der Waals surface area (Å²) in [5, 5.41) is 4.50. The largest absolute Gasteiger partial charge is 0.486 e. The van der Waals surface area contributed by atoms with E-state index in [0.717, 1.165) is 5.56 Å². The van der Waals surface area contributed by atoms with Gasteiger partial charge in [0.1, 0.15) is 18.2 Å². The quantitative estimate of drug-likeness (QED) is 0.236. The lowest BCUT2D eigenvalue weighted by molar-refractivity contribution is -0.123. The van der Waals surface area contributed by atoms with E-state index < -0.39 is 5.91 Å². The highest BCUT2D eigenvalue weighted by Gasteiger charge is 2.18. The Hall–Kier alpha value is -2.39. The highest BCUT2D eigenvalue weighted by molar-refractivity contribution is 8.19. The molecule has 1 saturated heterocycles. The Morgan fingerprint density at radius 1 is 1.03 bits per heavy atom. The standard InChI is InChI=1S/C25H21Cl2FN2O3S2/c26-21-11-17(12-22(27)24(21)33-14-16-1-5-19(28)6-2-16)13-29-30-23(31)15-32-20-7-3-18(4-8-20)25-34-9-10-35-25/h1-8,11-13,25H,9-10,14-15H2,(H,30,31)/b29-13-. The summed E-state index contributed by atoms with van der Waals surface area (Å²) < 4.78 is 24.7. The molecule has 1 aliphatic heterocycles. The van der Waals surface area contributed by atoms with E-state index in [9.17, 15) is 9.18 Å². The Balaban J connectivity index is 1.25. The fourth-order valence-corrected chi connectivity index (χ4v) is 6.63. The zero-order valence-electron chi connectivity index (χ0n) is 18.4. The van der Waals surface area contributed by atoms with Crippen molar-refractivity contribution in [2.75, 3.05) is 18.1 Å². The Morgan fingerprint density at radius 2 is 1.69 bits per heavy atom. The molecule has 0 bridgehead atoms. The number of amides is 1. The molecule has 35 heavy (non-hydrogen) atoms. The zero-order chi connectivity index (χ0) is 24.6. The van der Waals surface area contributed by atoms with Crippen molar-refractivity contribution in [3.05, 3.63) is 93.2 Å². The Bertz CT molecular complexity index is 1170. The smallest absolute Gasteiger partial charge is 0.277 e. The van der Waals surface area contributed by atoms with Gasteiger partial charge in [0.15, 0.2) is 12.4 Å². The molecule has 182 valence electrons. The van der Waals surface area contributed by atoms with Gasteiger partial charge in [-0.05, 0) is 53.1 Å². The summed E-state index contributed by atoms with van der Waals surface area (Å²) in [4.78, 5) is 12.1. The lowest BCUT2D eigenvalue weighted by Crippen LogP contribution is -2.24. The first-order valence-corrected chi connectivity index (χ1v) is 13.5. The number of hydrazone groups is 1. The van der Waals surface area contributed by atoms with Gasteiger partial charge in [0.2, 0.25) is 0 Å². The van der Waals surface area contributed by atoms with E-state index >= 15 is 0 Å². The number of thioether (sulfide) groups is 2. The summed E-state index contributed by atoms with van der Waals surface area (Å²) in [6.07, 6.45) is 1.42. The SMILES string of the molecule is O=C(COc1ccc(C2SCCS2)cc1)N/N=C\c1cc(Cl)c(OCc2ccc(F)cc2)c(Cl)c1. The number of nitrogens with one attached hydrogen (secondary N) is 1. The minimum Gasteiger partial charge on any atom is -0.486 e. The average Bonchev–Trinajstić information content (AvgIpc) is 3.39. The van der Waals surface area contributed by atoms with Gasteiger partial charge in [0, 0.05) is 11.5 Å². The molecule has 0 radical (unpaired) electrons. The Labute approximate surface area is 221 Å². The molecule has 10 heteroatoms. The number of nitrogens with zero attached hydrogens (tertiary/aromatic N) is 1. The third-order valence-corrected chi connectivity index (χ3v) is 8.53. The summed E-state index contributed by atoms with van der Waals surface area (Å²) in [6, 6.07) is 17.0. The first kappa shape index (κ1) is 25.7. The van der Waals surface area contributed by atoms with Crippen LogP contribution in [0, 0.1) is 5.82 Å². The van der Waals surface area contributed by atoms with Crippen LogP contribution >= 0.6 is 46.7 Å². The molecule has 0 spiro atoms. The number of carbonyl (C=O) groups is 1. The van der Waals surface area contributed by atoms with Gasteiger partial charge in [-0.2, -0.15) is 5.10 Å². The topological polar surface area (TPSA) is 59.9 Å². The highest BCUT2D eigenvalue weighted by atomic mass is 35.5. The van der Waals surface area contributed by atoms with E-state index in [1.807, 2.05) is 47.8 Å². The van der Waals surface area contributed by atoms with Gasteiger partial charge in [-0.3, -0.25) is 4.79 Å². The van der Waals surface area contributed by atoms with Crippen molar-refractivity contribution >= 4 is 58.8 Å². The van der Waals surface area contributed by atoms with Crippen LogP contribution in [0.5, 0.6) is 11.5 Å². The van der Waals surface area contributed by atoms with E-state index in [2.05, 4.69) is 10.5 Å². The van der Waals surface area contributed by atoms with Gasteiger partial charge in [-0.1, -0.05) is 47.5 Å². The molecule has 0 atom stereocenters. The zero-order valence-corrected chi connectivity index (χ0v) is 21.5. The van der Waals surface area contributed by atoms with Crippen LogP contribution in [0.3, 0.4) is 0 Å². The molecule has 4 rings (SSSR count). The van der Waals surface area contributed by atoms with Gasteiger partial charge < -0.3 is 9.47 Å². The molecule has 0 unspecified atom stereocenters. The fourth-order valence-electron chi connectivity index (χ4n) is 3.16. The molecular formula is C25H21Cl2FN2O3S2. The maximum absolute atomic E-state index is 13.0. The monoisotopic (exact) mass is 550 g/mol. The number of hydrogen-bond acceptors (Lipinski definition) is 6. The third kappa shape index (κ3) is 7.54. The van der Waals surface area contributed by atoms with E-state index in [0.29, 0.717) is 21.6 Å². The number of hydrogen-bond donors (Lipinski definition) is 1. The minimum atomic E-state index is -0.399. The second-order valence-electron chi connectivity index (χ2n) is 7.45. The number of ether oxygens (including phenoxy) is 2. The van der Waals surface area contributed by atoms with Crippen molar-refractivity contribution in [1.82, 2.24) is 5.43 Å². The summed E-state index contributed by atoms with van der Waals surface area (Å²) >= 11 is 16.5. The van der Waals surface area contributed by atoms with Crippen molar-refractivity contribution < 1.29 is 18.7 Å². The second-order valence-corrected chi connectivity index (χ2v) is 11.0. The molecule has 1 fully saturated rings. The summed E-state index contributed by atoms with van der Waals surface area (Å²) in [5.41, 5.74) is 5.02. The molecule has 0 aromatic heterocycles. The lowest BCUT2D eigenvalue weighted by Gasteiger charge is -2.11. The van der Waals surface area contributed by atoms with E-state index in [-0.39, 0.29) is 29.1 Å². The molecule has 1 heterocycles. The maximum atomic E-state index is 13.0. The molecule has 3 aromatic carbocycles. The normalized spacial score (nSPS) is 13.8. The maximum Gasteiger partial charge on any atom is 0.277 e. The van der Waals surface area contributed by atoms with Crippen molar-refractivity contribution in [3.63, 3.8) is 0 Å². The van der Waals surface area contributed by atoms with Crippen LogP contribution in [0.2, 0.25) is 10.0 Å². The first-order chi connectivity index (χ1) is 17.0. The van der Waals surface area contributed by atoms with E-state index in [1.165, 1.54) is 35.4 Å². The molecule has 1 amide bonds. The van der Waals surface area contributed by atoms with Crippen LogP contribution in [-0.2, 0) is 11.4 Å². The Morgan fingerprint density at radius 3 is 2.34 bits per heavy atom. The van der Waals surface area contributed by atoms with Crippen LogP contribution in [0.4, 0.5) is 4.39 Å². The Kier molecular flexibility index (Phi) is 9.20. The number of rotatable bonds is 9. The van der Waals surface area contributed by atoms with Gasteiger partial charge >= 0.3 is 0 Å². The molecule has 5 nitrogen and oxygen atoms in total. The fraction of sp³-hybridized carbons (Fsp3) is 0.200. The average molecular weight is 551 g/mol. The molecule has 1 N–H and O–H groups in total. The van der Waals surface area contributed by atoms with Crippen molar-refractivity contribution in [3.8, 4) is 11.5 Å². The summed E-state index contributed by atoms with van der Waals surface area (Å²) in [7, 11) is 0. The lowest BCUT2D eigenvalue weighted by atomic mass is 10.2. The van der Waals surface area contributed by atoms with Crippen LogP contribution in [-0.4, -0.2) is 30.2 Å². The molecule has 0 saturated carbocycles. The van der Waals surface area contributed by atoms with E-state index in [1.54, 1.807) is 24.3 Å². The van der Waals surface area contributed by atoms with Crippen molar-refractivity contribution in [2.24, 2.45) is 5.10 Å². The van der Waals surface area contributed by atoms with Gasteiger partial charge in [0.25, 0.3) is 5.91 Å². The number of halogens is 3. The third-order valence-electron chi connectivity index (χ3n) is 4.86. The van der Waals surface area contributed by atoms with Crippen LogP contribution < -0.4 is 14.9 Å². The van der Waals surface area contributed by atoms with Crippen LogP contribution in [0.25, 0.3) is 0 Å². The van der Waals surface area contributed by atoms with Crippen molar-refractivity contribution in [1.29, 1.82) is 0 Å². The second kappa shape index (κ2) is 12.5. The number of benzene rings is 3. The van der Waals surface area contributed by atoms with Crippen LogP contribution in [0.1, 0.15) is 21.3 Å². The summed E-state index contributed by atoms with van der Waals surface area (Å²) in [5.74, 6) is 2.55. The molecule has 3 aromatic rings. The molecule has 1 aliphatic rings.